The molecule has 0 aromatic carbocycles. The third kappa shape index (κ3) is 34.5. The predicted molar refractivity (Wildman–Crippen MR) is 20.0 cm³/mol. The maximum atomic E-state index is 9.28. The second-order valence-corrected chi connectivity index (χ2v) is 4.76. The second kappa shape index (κ2) is 1.65. The Bertz CT molecular complexity index is 8.75. The first kappa shape index (κ1) is 4.35. The second-order valence-electron chi connectivity index (χ2n) is 0.599. The van der Waals surface area contributed by atoms with Crippen LogP contribution in [0.2, 0.25) is 0 Å². The van der Waals surface area contributed by atoms with E-state index in [-0.39, 0.29) is 0 Å². The molecule has 0 aromatic rings. The fraction of sp³-hybridized carbons (Fsp3) is 0. The molecule has 1 atom stereocenters. The molecule has 0 aliphatic rings. The van der Waals surface area contributed by atoms with Gasteiger partial charge in [-0.3, -0.25) is 4.80 Å². The molecule has 1 unspecified atom stereocenters. The summed E-state index contributed by atoms with van der Waals surface area (Å²) in [6.07, 6.45) is 0. The van der Waals surface area contributed by atoms with E-state index in [1.807, 2.05) is 0 Å². The molecule has 1 N–H and O–H groups in total. The van der Waals surface area contributed by atoms with E-state index in [4.69, 9.17) is 4.80 Å². The summed E-state index contributed by atoms with van der Waals surface area (Å²) in [6.45, 7) is 0. The minimum Gasteiger partial charge on any atom is -0.414 e. The fourth-order valence-electron chi connectivity index (χ4n) is 0. The van der Waals surface area contributed by atoms with Crippen molar-refractivity contribution in [2.24, 2.45) is 0 Å². The van der Waals surface area contributed by atoms with Crippen molar-refractivity contribution < 1.29 is 9.59 Å². The lowest BCUT2D eigenvalue weighted by Crippen LogP contribution is -2.06. The van der Waals surface area contributed by atoms with Gasteiger partial charge < -0.3 is 4.80 Å². The van der Waals surface area contributed by atoms with Crippen molar-refractivity contribution in [1.82, 2.24) is 0 Å². The van der Waals surface area contributed by atoms with Gasteiger partial charge in [0.1, 0.15) is 0 Å². The van der Waals surface area contributed by atoms with Crippen molar-refractivity contribution in [3.8, 4) is 0 Å². The molecule has 0 saturated heterocycles. The number of hydrogen-bond donors (Lipinski definition) is 1. The van der Waals surface area contributed by atoms with E-state index in [0.717, 1.165) is 0 Å². The van der Waals surface area contributed by atoms with Gasteiger partial charge in [0.25, 0.3) is 0 Å². The molecule has 0 heterocycles. The van der Waals surface area contributed by atoms with Crippen LogP contribution in [0.5, 0.6) is 0 Å². The van der Waals surface area contributed by atoms with Gasteiger partial charge in [-0.25, -0.2) is 0 Å². The molecule has 0 aliphatic heterocycles. The van der Waals surface area contributed by atoms with Crippen LogP contribution in [0.1, 0.15) is 0 Å². The summed E-state index contributed by atoms with van der Waals surface area (Å²) >= 11 is 0. The molecule has 2 nitrogen and oxygen atoms in total. The van der Waals surface area contributed by atoms with Gasteiger partial charge in [0.15, 0.2) is 0 Å². The van der Waals surface area contributed by atoms with Crippen LogP contribution < -0.4 is 0 Å². The van der Waals surface area contributed by atoms with Crippen LogP contribution in [0.3, 0.4) is 0 Å². The highest BCUT2D eigenvalue weighted by molar-refractivity contribution is 6.93. The Morgan fingerprint density at radius 1 is 2.00 bits per heavy atom. The lowest BCUT2D eigenvalue weighted by molar-refractivity contribution is 0.360. The van der Waals surface area contributed by atoms with Crippen molar-refractivity contribution in [1.29, 1.82) is 0 Å². The normalized spacial score (nSPS) is 9.75. The monoisotopic (exact) mass is 93.0 g/mol. The Balaban J connectivity index is 2.32. The summed E-state index contributed by atoms with van der Waals surface area (Å²) in [4.78, 5) is 17.0. The first-order valence-electron chi connectivity index (χ1n) is 1.07. The molecule has 0 saturated carbocycles. The topological polar surface area (TPSA) is 40.1 Å². The van der Waals surface area contributed by atoms with Crippen molar-refractivity contribution in [2.75, 3.05) is 0 Å². The van der Waals surface area contributed by atoms with E-state index in [9.17, 15) is 4.80 Å². The average molecular weight is 93.2 g/mol. The summed E-state index contributed by atoms with van der Waals surface area (Å²) in [6, 6.07) is 0. The minimum atomic E-state index is -2.25. The van der Waals surface area contributed by atoms with Gasteiger partial charge in [-0.15, -0.1) is 0 Å². The lowest BCUT2D eigenvalue weighted by Gasteiger charge is -1.71. The Hall–Kier alpha value is 0.354. The van der Waals surface area contributed by atoms with Crippen LogP contribution in [-0.4, -0.2) is 23.4 Å². The SMILES string of the molecule is [O][SiH](O)[SiH3]. The molecule has 0 amide bonds. The highest BCUT2D eigenvalue weighted by Gasteiger charge is 1.82. The molecule has 0 aromatic heterocycles. The number of hydrogen-bond acceptors (Lipinski definition) is 1. The molecule has 1 radical (unpaired) electrons. The van der Waals surface area contributed by atoms with E-state index >= 15 is 0 Å². The predicted octanol–water partition coefficient (Wildman–Crippen LogP) is -2.51. The third-order valence-electron chi connectivity index (χ3n) is 0. The third-order valence-corrected chi connectivity index (χ3v) is 0. The van der Waals surface area contributed by atoms with E-state index in [1.54, 1.807) is 0 Å². The van der Waals surface area contributed by atoms with Crippen LogP contribution in [0.25, 0.3) is 0 Å². The first-order chi connectivity index (χ1) is 1.73. The quantitative estimate of drug-likeness (QED) is 0.330. The first-order valence-corrected chi connectivity index (χ1v) is 6.68. The highest BCUT2D eigenvalue weighted by atomic mass is 29.2. The van der Waals surface area contributed by atoms with Crippen molar-refractivity contribution in [2.45, 2.75) is 0 Å². The molecule has 0 bridgehead atoms. The van der Waals surface area contributed by atoms with E-state index in [2.05, 4.69) is 0 Å². The Morgan fingerprint density at radius 3 is 2.00 bits per heavy atom. The van der Waals surface area contributed by atoms with E-state index < -0.39 is 8.80 Å². The molecule has 4 heteroatoms. The standard InChI is InChI=1S/H5O2Si2/c1-4(2)3/h1,4H,3H3. The summed E-state index contributed by atoms with van der Waals surface area (Å²) < 4.78 is 0. The molecule has 4 heavy (non-hydrogen) atoms. The summed E-state index contributed by atoms with van der Waals surface area (Å²) in [7, 11) is -1.76. The van der Waals surface area contributed by atoms with Gasteiger partial charge in [-0.2, -0.15) is 0 Å². The van der Waals surface area contributed by atoms with Gasteiger partial charge in [-0.05, 0) is 0 Å². The molecule has 0 rings (SSSR count). The summed E-state index contributed by atoms with van der Waals surface area (Å²) in [5.74, 6) is 0. The van der Waals surface area contributed by atoms with Gasteiger partial charge in [-0.1, -0.05) is 0 Å². The molecular weight excluding hydrogens is 88.2 g/mol. The number of rotatable bonds is 0. The zero-order valence-corrected chi connectivity index (χ0v) is 5.59. The van der Waals surface area contributed by atoms with Crippen LogP contribution in [-0.2, 0) is 4.80 Å². The highest BCUT2D eigenvalue weighted by Crippen LogP contribution is 1.42. The van der Waals surface area contributed by atoms with Crippen LogP contribution in [0.15, 0.2) is 0 Å². The maximum Gasteiger partial charge on any atom is 0.324 e. The van der Waals surface area contributed by atoms with Crippen molar-refractivity contribution in [3.63, 3.8) is 0 Å². The van der Waals surface area contributed by atoms with Crippen molar-refractivity contribution >= 4 is 18.6 Å². The van der Waals surface area contributed by atoms with E-state index in [1.165, 1.54) is 0 Å². The molecule has 0 fully saturated rings. The van der Waals surface area contributed by atoms with Crippen LogP contribution in [0.4, 0.5) is 0 Å². The Labute approximate surface area is 29.1 Å². The smallest absolute Gasteiger partial charge is 0.324 e. The van der Waals surface area contributed by atoms with Crippen LogP contribution in [0, 0.1) is 0 Å². The lowest BCUT2D eigenvalue weighted by atomic mass is 15.8. The fourth-order valence-corrected chi connectivity index (χ4v) is 0. The Morgan fingerprint density at radius 2 is 2.00 bits per heavy atom. The zero-order valence-electron chi connectivity index (χ0n) is 2.43. The van der Waals surface area contributed by atoms with Gasteiger partial charge in [0.2, 0.25) is 0 Å². The van der Waals surface area contributed by atoms with Gasteiger partial charge in [0, 0.05) is 0 Å². The van der Waals surface area contributed by atoms with Crippen molar-refractivity contribution in [3.05, 3.63) is 0 Å². The Kier molecular flexibility index (Phi) is 1.80. The summed E-state index contributed by atoms with van der Waals surface area (Å²) in [5.41, 5.74) is 0. The largest absolute Gasteiger partial charge is 0.414 e. The zero-order chi connectivity index (χ0) is 3.58. The molecule has 25 valence electrons. The van der Waals surface area contributed by atoms with Gasteiger partial charge >= 0.3 is 8.80 Å². The van der Waals surface area contributed by atoms with Gasteiger partial charge in [0.05, 0.1) is 9.76 Å². The van der Waals surface area contributed by atoms with Crippen LogP contribution >= 0.6 is 0 Å². The average Bonchev–Trinajstić information content (AvgIpc) is 0.811. The molecular formula is H5O2Si2. The minimum absolute atomic E-state index is 0.488. The molecule has 0 spiro atoms. The maximum absolute atomic E-state index is 9.28. The molecule has 0 aliphatic carbocycles. The van der Waals surface area contributed by atoms with E-state index in [0.29, 0.717) is 9.76 Å². The summed E-state index contributed by atoms with van der Waals surface area (Å²) in [5, 5.41) is 0.